The van der Waals surface area contributed by atoms with E-state index in [0.717, 1.165) is 27.7 Å². The molecule has 6 rings (SSSR count). The van der Waals surface area contributed by atoms with Crippen LogP contribution >= 0.6 is 23.6 Å². The third-order valence-electron chi connectivity index (χ3n) is 5.98. The maximum absolute atomic E-state index is 5.86. The van der Waals surface area contributed by atoms with Gasteiger partial charge in [0.1, 0.15) is 6.04 Å². The van der Waals surface area contributed by atoms with Gasteiger partial charge in [0.2, 0.25) is 0 Å². The van der Waals surface area contributed by atoms with Gasteiger partial charge in [0.05, 0.1) is 27.6 Å². The molecule has 2 aromatic carbocycles. The average Bonchev–Trinajstić information content (AvgIpc) is 3.56. The Morgan fingerprint density at radius 3 is 2.55 bits per heavy atom. The summed E-state index contributed by atoms with van der Waals surface area (Å²) in [5, 5.41) is 5.18. The zero-order chi connectivity index (χ0) is 22.4. The molecular formula is C26H21N5S2. The van der Waals surface area contributed by atoms with Crippen molar-refractivity contribution in [2.45, 2.75) is 19.0 Å². The molecule has 4 heterocycles. The molecule has 1 aliphatic rings. The third kappa shape index (κ3) is 3.50. The smallest absolute Gasteiger partial charge is 0.194 e. The van der Waals surface area contributed by atoms with Crippen molar-refractivity contribution in [1.82, 2.24) is 19.9 Å². The number of benzene rings is 2. The van der Waals surface area contributed by atoms with E-state index >= 15 is 0 Å². The van der Waals surface area contributed by atoms with Gasteiger partial charge in [-0.05, 0) is 67.7 Å². The van der Waals surface area contributed by atoms with Crippen LogP contribution in [-0.4, -0.2) is 19.6 Å². The quantitative estimate of drug-likeness (QED) is 0.330. The van der Waals surface area contributed by atoms with E-state index in [1.54, 1.807) is 11.3 Å². The summed E-state index contributed by atoms with van der Waals surface area (Å²) in [5.41, 5.74) is 5.34. The SMILES string of the molecule is Cc1ccc(N2C(=S)N[C@H](c3ccccn3)[C@H]2c2cccn2-c2nc3ccccc3s2)cc1. The fraction of sp³-hybridized carbons (Fsp3) is 0.115. The average molecular weight is 468 g/mol. The summed E-state index contributed by atoms with van der Waals surface area (Å²) in [6, 6.07) is 26.8. The van der Waals surface area contributed by atoms with Crippen molar-refractivity contribution >= 4 is 44.6 Å². The van der Waals surface area contributed by atoms with E-state index in [4.69, 9.17) is 17.2 Å². The molecule has 1 aliphatic heterocycles. The summed E-state index contributed by atoms with van der Waals surface area (Å²) >= 11 is 7.55. The van der Waals surface area contributed by atoms with E-state index in [0.29, 0.717) is 5.11 Å². The molecular weight excluding hydrogens is 446 g/mol. The zero-order valence-corrected chi connectivity index (χ0v) is 19.6. The van der Waals surface area contributed by atoms with Crippen LogP contribution in [0, 0.1) is 6.92 Å². The topological polar surface area (TPSA) is 46.0 Å². The van der Waals surface area contributed by atoms with E-state index in [1.807, 2.05) is 24.4 Å². The number of rotatable bonds is 4. The van der Waals surface area contributed by atoms with Gasteiger partial charge in [-0.2, -0.15) is 0 Å². The molecule has 0 radical (unpaired) electrons. The minimum absolute atomic E-state index is 0.0860. The largest absolute Gasteiger partial charge is 0.351 e. The van der Waals surface area contributed by atoms with Crippen LogP contribution in [0.1, 0.15) is 29.0 Å². The highest BCUT2D eigenvalue weighted by atomic mass is 32.1. The molecule has 0 aliphatic carbocycles. The lowest BCUT2D eigenvalue weighted by Crippen LogP contribution is -2.30. The molecule has 0 amide bonds. The lowest BCUT2D eigenvalue weighted by atomic mass is 10.0. The van der Waals surface area contributed by atoms with Crippen molar-refractivity contribution in [3.8, 4) is 5.13 Å². The Labute approximate surface area is 201 Å². The molecule has 2 atom stereocenters. The number of thiocarbonyl (C=S) groups is 1. The number of fused-ring (bicyclic) bond motifs is 1. The molecule has 5 aromatic rings. The molecule has 1 fully saturated rings. The van der Waals surface area contributed by atoms with Gasteiger partial charge in [-0.1, -0.05) is 47.2 Å². The molecule has 0 saturated carbocycles. The summed E-state index contributed by atoms with van der Waals surface area (Å²) < 4.78 is 3.35. The first-order valence-electron chi connectivity index (χ1n) is 10.8. The Morgan fingerprint density at radius 1 is 0.939 bits per heavy atom. The van der Waals surface area contributed by atoms with Crippen LogP contribution in [0.3, 0.4) is 0 Å². The Bertz CT molecular complexity index is 1410. The van der Waals surface area contributed by atoms with Gasteiger partial charge in [0.15, 0.2) is 10.2 Å². The van der Waals surface area contributed by atoms with E-state index in [-0.39, 0.29) is 12.1 Å². The van der Waals surface area contributed by atoms with Crippen LogP contribution < -0.4 is 10.2 Å². The van der Waals surface area contributed by atoms with Gasteiger partial charge in [0, 0.05) is 18.1 Å². The van der Waals surface area contributed by atoms with Crippen LogP contribution in [0.2, 0.25) is 0 Å². The van der Waals surface area contributed by atoms with E-state index in [2.05, 4.69) is 93.6 Å². The predicted octanol–water partition coefficient (Wildman–Crippen LogP) is 5.97. The van der Waals surface area contributed by atoms with Crippen molar-refractivity contribution in [3.63, 3.8) is 0 Å². The van der Waals surface area contributed by atoms with Gasteiger partial charge in [-0.25, -0.2) is 4.98 Å². The number of para-hydroxylation sites is 1. The van der Waals surface area contributed by atoms with Crippen LogP contribution in [0.15, 0.2) is 91.3 Å². The maximum atomic E-state index is 5.86. The molecule has 1 saturated heterocycles. The van der Waals surface area contributed by atoms with Gasteiger partial charge in [-0.3, -0.25) is 9.55 Å². The minimum Gasteiger partial charge on any atom is -0.351 e. The second-order valence-electron chi connectivity index (χ2n) is 8.10. The van der Waals surface area contributed by atoms with Crippen LogP contribution in [0.5, 0.6) is 0 Å². The number of hydrogen-bond acceptors (Lipinski definition) is 4. The molecule has 0 bridgehead atoms. The lowest BCUT2D eigenvalue weighted by molar-refractivity contribution is 0.549. The number of thiazole rings is 1. The summed E-state index contributed by atoms with van der Waals surface area (Å²) in [6.45, 7) is 2.09. The number of hydrogen-bond donors (Lipinski definition) is 1. The summed E-state index contributed by atoms with van der Waals surface area (Å²) in [7, 11) is 0. The number of anilines is 1. The standard InChI is InChI=1S/C26H21N5S2/c1-17-11-13-18(14-12-17)31-24(23(29-25(31)32)20-8-4-5-15-27-20)21-9-6-16-30(21)26-28-19-7-2-3-10-22(19)33-26/h2-16,23-24H,1H3,(H,29,32)/t23-,24-/m1/s1. The van der Waals surface area contributed by atoms with Gasteiger partial charge in [0.25, 0.3) is 0 Å². The fourth-order valence-corrected chi connectivity index (χ4v) is 5.73. The molecule has 1 N–H and O–H groups in total. The zero-order valence-electron chi connectivity index (χ0n) is 17.9. The predicted molar refractivity (Wildman–Crippen MR) is 138 cm³/mol. The molecule has 5 nitrogen and oxygen atoms in total. The highest BCUT2D eigenvalue weighted by Gasteiger charge is 2.42. The molecule has 0 unspecified atom stereocenters. The number of aryl methyl sites for hydroxylation is 1. The summed E-state index contributed by atoms with van der Waals surface area (Å²) in [5.74, 6) is 0. The Balaban J connectivity index is 1.51. The van der Waals surface area contributed by atoms with Crippen molar-refractivity contribution in [1.29, 1.82) is 0 Å². The van der Waals surface area contributed by atoms with E-state index < -0.39 is 0 Å². The number of pyridine rings is 1. The summed E-state index contributed by atoms with van der Waals surface area (Å²) in [6.07, 6.45) is 3.91. The Kier molecular flexibility index (Phi) is 4.93. The van der Waals surface area contributed by atoms with Crippen molar-refractivity contribution in [2.24, 2.45) is 0 Å². The monoisotopic (exact) mass is 467 g/mol. The van der Waals surface area contributed by atoms with Crippen molar-refractivity contribution in [2.75, 3.05) is 4.90 Å². The fourth-order valence-electron chi connectivity index (χ4n) is 4.41. The number of nitrogens with one attached hydrogen (secondary N) is 1. The first kappa shape index (κ1) is 20.1. The normalized spacial score (nSPS) is 18.1. The lowest BCUT2D eigenvalue weighted by Gasteiger charge is -2.28. The molecule has 33 heavy (non-hydrogen) atoms. The minimum atomic E-state index is -0.0944. The Hall–Kier alpha value is -3.55. The highest BCUT2D eigenvalue weighted by molar-refractivity contribution is 7.80. The first-order valence-corrected chi connectivity index (χ1v) is 12.0. The summed E-state index contributed by atoms with van der Waals surface area (Å²) in [4.78, 5) is 11.8. The van der Waals surface area contributed by atoms with Crippen molar-refractivity contribution < 1.29 is 0 Å². The Morgan fingerprint density at radius 2 is 1.76 bits per heavy atom. The van der Waals surface area contributed by atoms with E-state index in [9.17, 15) is 0 Å². The van der Waals surface area contributed by atoms with Gasteiger partial charge in [-0.15, -0.1) is 0 Å². The van der Waals surface area contributed by atoms with Crippen molar-refractivity contribution in [3.05, 3.63) is 108 Å². The second-order valence-corrected chi connectivity index (χ2v) is 9.50. The van der Waals surface area contributed by atoms with Gasteiger partial charge >= 0.3 is 0 Å². The second kappa shape index (κ2) is 8.10. The van der Waals surface area contributed by atoms with Crippen LogP contribution in [0.25, 0.3) is 15.3 Å². The van der Waals surface area contributed by atoms with Crippen LogP contribution in [-0.2, 0) is 0 Å². The third-order valence-corrected chi connectivity index (χ3v) is 7.33. The highest BCUT2D eigenvalue weighted by Crippen LogP contribution is 2.42. The van der Waals surface area contributed by atoms with Crippen LogP contribution in [0.4, 0.5) is 5.69 Å². The van der Waals surface area contributed by atoms with E-state index in [1.165, 1.54) is 10.3 Å². The maximum Gasteiger partial charge on any atom is 0.194 e. The van der Waals surface area contributed by atoms with Gasteiger partial charge < -0.3 is 10.2 Å². The molecule has 7 heteroatoms. The molecule has 162 valence electrons. The number of aromatic nitrogens is 3. The molecule has 3 aromatic heterocycles. The molecule has 0 spiro atoms. The number of nitrogens with zero attached hydrogens (tertiary/aromatic N) is 4. The first-order chi connectivity index (χ1) is 16.2.